The molecule has 0 atom stereocenters. The lowest BCUT2D eigenvalue weighted by Gasteiger charge is -2.14. The van der Waals surface area contributed by atoms with Gasteiger partial charge < -0.3 is 9.30 Å². The Hall–Kier alpha value is -1.37. The highest BCUT2D eigenvalue weighted by Crippen LogP contribution is 2.22. The van der Waals surface area contributed by atoms with E-state index in [4.69, 9.17) is 0 Å². The molecule has 1 heterocycles. The third-order valence-corrected chi connectivity index (χ3v) is 2.00. The Morgan fingerprint density at radius 3 is 2.65 bits per heavy atom. The largest absolute Gasteiger partial charge is 0.367 e. The van der Waals surface area contributed by atoms with Crippen LogP contribution in [0.1, 0.15) is 10.4 Å². The summed E-state index contributed by atoms with van der Waals surface area (Å²) < 4.78 is 54.2. The van der Waals surface area contributed by atoms with E-state index in [1.165, 1.54) is 12.3 Å². The number of carbonyl (C=O) groups excluding carboxylic acids is 1. The molecule has 3 nitrogen and oxygen atoms in total. The van der Waals surface area contributed by atoms with Crippen molar-refractivity contribution in [1.82, 2.24) is 4.57 Å². The van der Waals surface area contributed by atoms with Crippen molar-refractivity contribution in [3.63, 3.8) is 0 Å². The maximum Gasteiger partial charge on any atom is 0.330 e. The van der Waals surface area contributed by atoms with Gasteiger partial charge in [-0.15, -0.1) is 0 Å². The molecule has 0 bridgehead atoms. The van der Waals surface area contributed by atoms with Crippen LogP contribution in [0.2, 0.25) is 0 Å². The third kappa shape index (κ3) is 3.85. The number of rotatable bonds is 6. The van der Waals surface area contributed by atoms with Crippen LogP contribution in [0, 0.1) is 0 Å². The fourth-order valence-corrected chi connectivity index (χ4v) is 1.09. The van der Waals surface area contributed by atoms with Crippen molar-refractivity contribution >= 4 is 5.78 Å². The molecule has 1 aromatic rings. The van der Waals surface area contributed by atoms with Gasteiger partial charge in [0.15, 0.2) is 5.78 Å². The van der Waals surface area contributed by atoms with Crippen LogP contribution in [-0.4, -0.2) is 35.9 Å². The first kappa shape index (κ1) is 13.7. The standard InChI is InChI=1S/C10H11F4NO2/c1-15-3-2-7(4-15)8(16)5-17-6-10(13,14)9(11)12/h2-4,9H,5-6H2,1H3. The van der Waals surface area contributed by atoms with Crippen molar-refractivity contribution < 1.29 is 27.1 Å². The Labute approximate surface area is 95.0 Å². The molecule has 0 amide bonds. The Morgan fingerprint density at radius 2 is 2.18 bits per heavy atom. The second-order valence-electron chi connectivity index (χ2n) is 3.54. The van der Waals surface area contributed by atoms with Crippen molar-refractivity contribution in [2.24, 2.45) is 7.05 Å². The summed E-state index contributed by atoms with van der Waals surface area (Å²) in [5.74, 6) is -4.76. The summed E-state index contributed by atoms with van der Waals surface area (Å²) in [5, 5.41) is 0. The second kappa shape index (κ2) is 5.31. The molecule has 0 saturated heterocycles. The number of ether oxygens (including phenoxy) is 1. The van der Waals surface area contributed by atoms with Crippen LogP contribution in [-0.2, 0) is 11.8 Å². The van der Waals surface area contributed by atoms with E-state index in [1.807, 2.05) is 0 Å². The number of ketones is 1. The zero-order chi connectivity index (χ0) is 13.1. The lowest BCUT2D eigenvalue weighted by atomic mass is 10.2. The van der Waals surface area contributed by atoms with E-state index in [1.54, 1.807) is 17.8 Å². The van der Waals surface area contributed by atoms with Gasteiger partial charge in [0.2, 0.25) is 0 Å². The summed E-state index contributed by atoms with van der Waals surface area (Å²) in [5.41, 5.74) is 0.285. The molecule has 0 aromatic carbocycles. The van der Waals surface area contributed by atoms with E-state index in [2.05, 4.69) is 4.74 Å². The minimum Gasteiger partial charge on any atom is -0.367 e. The van der Waals surface area contributed by atoms with Crippen LogP contribution in [0.25, 0.3) is 0 Å². The second-order valence-corrected chi connectivity index (χ2v) is 3.54. The number of halogens is 4. The number of hydrogen-bond acceptors (Lipinski definition) is 2. The van der Waals surface area contributed by atoms with Crippen LogP contribution < -0.4 is 0 Å². The fraction of sp³-hybridized carbons (Fsp3) is 0.500. The monoisotopic (exact) mass is 253 g/mol. The van der Waals surface area contributed by atoms with E-state index in [-0.39, 0.29) is 5.56 Å². The zero-order valence-electron chi connectivity index (χ0n) is 9.00. The van der Waals surface area contributed by atoms with Crippen LogP contribution >= 0.6 is 0 Å². The maximum atomic E-state index is 12.4. The molecule has 0 aliphatic heterocycles. The molecule has 0 unspecified atom stereocenters. The van der Waals surface area contributed by atoms with Crippen molar-refractivity contribution in [3.05, 3.63) is 24.0 Å². The lowest BCUT2D eigenvalue weighted by Crippen LogP contribution is -2.33. The van der Waals surface area contributed by atoms with Crippen molar-refractivity contribution in [2.45, 2.75) is 12.3 Å². The minimum atomic E-state index is -4.23. The van der Waals surface area contributed by atoms with Gasteiger partial charge in [0, 0.05) is 25.0 Å². The van der Waals surface area contributed by atoms with E-state index in [9.17, 15) is 22.4 Å². The van der Waals surface area contributed by atoms with E-state index < -0.39 is 31.3 Å². The Kier molecular flexibility index (Phi) is 4.28. The van der Waals surface area contributed by atoms with Crippen LogP contribution in [0.4, 0.5) is 17.6 Å². The highest BCUT2D eigenvalue weighted by molar-refractivity contribution is 5.96. The molecule has 0 radical (unpaired) electrons. The Balaban J connectivity index is 2.40. The highest BCUT2D eigenvalue weighted by Gasteiger charge is 2.41. The molecule has 1 rings (SSSR count). The summed E-state index contributed by atoms with van der Waals surface area (Å²) in [4.78, 5) is 11.3. The molecule has 0 aliphatic rings. The summed E-state index contributed by atoms with van der Waals surface area (Å²) >= 11 is 0. The molecule has 17 heavy (non-hydrogen) atoms. The van der Waals surface area contributed by atoms with Gasteiger partial charge in [0.05, 0.1) is 0 Å². The molecule has 0 saturated carbocycles. The van der Waals surface area contributed by atoms with Crippen molar-refractivity contribution in [3.8, 4) is 0 Å². The van der Waals surface area contributed by atoms with Gasteiger partial charge in [0.1, 0.15) is 13.2 Å². The first-order valence-corrected chi connectivity index (χ1v) is 4.72. The summed E-state index contributed by atoms with van der Waals surface area (Å²) in [6.45, 7) is -2.12. The molecule has 1 aromatic heterocycles. The molecular formula is C10H11F4NO2. The third-order valence-electron chi connectivity index (χ3n) is 2.00. The normalized spacial score (nSPS) is 12.1. The fourth-order valence-electron chi connectivity index (χ4n) is 1.09. The molecule has 0 N–H and O–H groups in total. The van der Waals surface area contributed by atoms with Gasteiger partial charge in [-0.3, -0.25) is 4.79 Å². The molecule has 7 heteroatoms. The summed E-state index contributed by atoms with van der Waals surface area (Å²) in [7, 11) is 1.68. The van der Waals surface area contributed by atoms with Gasteiger partial charge in [-0.1, -0.05) is 0 Å². The number of carbonyl (C=O) groups is 1. The molecule has 0 spiro atoms. The van der Waals surface area contributed by atoms with Gasteiger partial charge in [-0.25, -0.2) is 8.78 Å². The van der Waals surface area contributed by atoms with E-state index >= 15 is 0 Å². The van der Waals surface area contributed by atoms with Crippen molar-refractivity contribution in [2.75, 3.05) is 13.2 Å². The maximum absolute atomic E-state index is 12.4. The van der Waals surface area contributed by atoms with Crippen molar-refractivity contribution in [1.29, 1.82) is 0 Å². The Bertz CT molecular complexity index is 389. The van der Waals surface area contributed by atoms with Gasteiger partial charge >= 0.3 is 12.3 Å². The molecule has 0 aliphatic carbocycles. The average molecular weight is 253 g/mol. The topological polar surface area (TPSA) is 31.2 Å². The predicted molar refractivity (Wildman–Crippen MR) is 51.5 cm³/mol. The lowest BCUT2D eigenvalue weighted by molar-refractivity contribution is -0.163. The van der Waals surface area contributed by atoms with E-state index in [0.717, 1.165) is 0 Å². The molecule has 96 valence electrons. The minimum absolute atomic E-state index is 0.285. The molecular weight excluding hydrogens is 242 g/mol. The number of hydrogen-bond donors (Lipinski definition) is 0. The van der Waals surface area contributed by atoms with Crippen LogP contribution in [0.5, 0.6) is 0 Å². The summed E-state index contributed by atoms with van der Waals surface area (Å²) in [6.07, 6.45) is -0.716. The Morgan fingerprint density at radius 1 is 1.53 bits per heavy atom. The number of nitrogens with zero attached hydrogens (tertiary/aromatic N) is 1. The van der Waals surface area contributed by atoms with Gasteiger partial charge in [-0.05, 0) is 6.07 Å². The zero-order valence-corrected chi connectivity index (χ0v) is 9.00. The predicted octanol–water partition coefficient (Wildman–Crippen LogP) is 2.12. The average Bonchev–Trinajstić information content (AvgIpc) is 2.64. The van der Waals surface area contributed by atoms with Gasteiger partial charge in [0.25, 0.3) is 0 Å². The van der Waals surface area contributed by atoms with E-state index in [0.29, 0.717) is 0 Å². The summed E-state index contributed by atoms with van der Waals surface area (Å²) in [6, 6.07) is 1.48. The van der Waals surface area contributed by atoms with Crippen LogP contribution in [0.15, 0.2) is 18.5 Å². The van der Waals surface area contributed by atoms with Gasteiger partial charge in [-0.2, -0.15) is 8.78 Å². The van der Waals surface area contributed by atoms with Crippen LogP contribution in [0.3, 0.4) is 0 Å². The highest BCUT2D eigenvalue weighted by atomic mass is 19.3. The first-order valence-electron chi connectivity index (χ1n) is 4.72. The SMILES string of the molecule is Cn1ccc(C(=O)COCC(F)(F)C(F)F)c1. The first-order chi connectivity index (χ1) is 7.83. The number of Topliss-reactive ketones (excluding diaryl/α,β-unsaturated/α-hetero) is 1. The number of alkyl halides is 4. The number of aryl methyl sites for hydroxylation is 1. The molecule has 0 fully saturated rings. The smallest absolute Gasteiger partial charge is 0.330 e. The quantitative estimate of drug-likeness (QED) is 0.574. The number of aromatic nitrogens is 1.